The molecule has 2 aromatic rings. The van der Waals surface area contributed by atoms with Crippen molar-refractivity contribution in [2.45, 2.75) is 19.4 Å². The minimum atomic E-state index is 0.0871. The van der Waals surface area contributed by atoms with Gasteiger partial charge in [-0.25, -0.2) is 0 Å². The van der Waals surface area contributed by atoms with Gasteiger partial charge < -0.3 is 20.0 Å². The van der Waals surface area contributed by atoms with Crippen molar-refractivity contribution in [3.63, 3.8) is 0 Å². The second kappa shape index (κ2) is 9.61. The second-order valence-corrected chi connectivity index (χ2v) is 8.65. The van der Waals surface area contributed by atoms with Crippen molar-refractivity contribution in [1.82, 2.24) is 0 Å². The van der Waals surface area contributed by atoms with Gasteiger partial charge in [-0.2, -0.15) is 0 Å². The van der Waals surface area contributed by atoms with Crippen LogP contribution in [0.1, 0.15) is 18.4 Å². The van der Waals surface area contributed by atoms with E-state index in [1.807, 2.05) is 30.3 Å². The van der Waals surface area contributed by atoms with E-state index in [9.17, 15) is 4.79 Å². The second-order valence-electron chi connectivity index (χ2n) is 8.24. The lowest BCUT2D eigenvalue weighted by molar-refractivity contribution is -0.901. The van der Waals surface area contributed by atoms with Gasteiger partial charge in [0, 0.05) is 24.1 Å². The monoisotopic (exact) mass is 414 g/mol. The molecule has 2 aliphatic heterocycles. The van der Waals surface area contributed by atoms with Crippen molar-refractivity contribution in [3.05, 3.63) is 59.1 Å². The van der Waals surface area contributed by atoms with Crippen LogP contribution in [0.3, 0.4) is 0 Å². The number of carbonyl (C=O) groups is 1. The summed E-state index contributed by atoms with van der Waals surface area (Å²) in [4.78, 5) is 17.8. The zero-order chi connectivity index (χ0) is 20.1. The Hall–Kier alpha value is -2.08. The molecule has 2 fully saturated rings. The van der Waals surface area contributed by atoms with Crippen molar-refractivity contribution in [2.75, 3.05) is 56.0 Å². The molecule has 0 unspecified atom stereocenters. The first-order valence-corrected chi connectivity index (χ1v) is 11.1. The number of quaternary nitrogens is 2. The molecule has 0 aliphatic carbocycles. The molecule has 0 radical (unpaired) electrons. The van der Waals surface area contributed by atoms with Crippen LogP contribution in [0.25, 0.3) is 0 Å². The predicted octanol–water partition coefficient (Wildman–Crippen LogP) is 0.862. The highest BCUT2D eigenvalue weighted by Gasteiger charge is 2.23. The summed E-state index contributed by atoms with van der Waals surface area (Å²) in [7, 11) is 0. The van der Waals surface area contributed by atoms with Crippen LogP contribution in [0.2, 0.25) is 5.02 Å². The fourth-order valence-corrected chi connectivity index (χ4v) is 4.68. The highest BCUT2D eigenvalue weighted by Crippen LogP contribution is 2.24. The number of likely N-dealkylation sites (tertiary alicyclic amines) is 1. The van der Waals surface area contributed by atoms with Gasteiger partial charge in [-0.1, -0.05) is 35.9 Å². The van der Waals surface area contributed by atoms with E-state index in [1.54, 1.807) is 4.90 Å². The smallest absolute Gasteiger partial charge is 0.279 e. The van der Waals surface area contributed by atoms with Gasteiger partial charge in [-0.15, -0.1) is 0 Å². The SMILES string of the molecule is O=C(C[NH+]1CCN(c2ccccc2Cl)CC1)Nc1ccc(C[NH+]2CCCC2)cc1. The van der Waals surface area contributed by atoms with Crippen molar-refractivity contribution in [1.29, 1.82) is 0 Å². The number of halogens is 1. The van der Waals surface area contributed by atoms with Crippen molar-refractivity contribution >= 4 is 28.9 Å². The maximum atomic E-state index is 12.5. The number of anilines is 2. The van der Waals surface area contributed by atoms with Gasteiger partial charge in [0.05, 0.1) is 50.0 Å². The number of amides is 1. The quantitative estimate of drug-likeness (QED) is 0.656. The largest absolute Gasteiger partial charge is 0.359 e. The molecule has 154 valence electrons. The summed E-state index contributed by atoms with van der Waals surface area (Å²) in [5, 5.41) is 3.86. The Morgan fingerprint density at radius 1 is 0.931 bits per heavy atom. The lowest BCUT2D eigenvalue weighted by Crippen LogP contribution is -3.15. The van der Waals surface area contributed by atoms with Crippen molar-refractivity contribution < 1.29 is 14.6 Å². The van der Waals surface area contributed by atoms with Gasteiger partial charge in [-0.3, -0.25) is 4.79 Å². The Kier molecular flexibility index (Phi) is 6.70. The first-order chi connectivity index (χ1) is 14.2. The molecule has 0 atom stereocenters. The summed E-state index contributed by atoms with van der Waals surface area (Å²) in [6, 6.07) is 16.3. The number of hydrogen-bond acceptors (Lipinski definition) is 2. The Balaban J connectivity index is 1.22. The molecule has 4 rings (SSSR count). The fraction of sp³-hybridized carbons (Fsp3) is 0.435. The summed E-state index contributed by atoms with van der Waals surface area (Å²) >= 11 is 6.31. The molecule has 5 nitrogen and oxygen atoms in total. The van der Waals surface area contributed by atoms with E-state index in [0.717, 1.165) is 49.1 Å². The number of rotatable bonds is 6. The topological polar surface area (TPSA) is 41.2 Å². The maximum Gasteiger partial charge on any atom is 0.279 e. The Morgan fingerprint density at radius 2 is 1.62 bits per heavy atom. The molecule has 2 saturated heterocycles. The van der Waals surface area contributed by atoms with Gasteiger partial charge in [0.15, 0.2) is 6.54 Å². The number of hydrogen-bond donors (Lipinski definition) is 3. The molecule has 2 aromatic carbocycles. The molecule has 0 aromatic heterocycles. The van der Waals surface area contributed by atoms with Crippen LogP contribution in [-0.2, 0) is 11.3 Å². The van der Waals surface area contributed by atoms with Gasteiger partial charge in [-0.05, 0) is 24.3 Å². The van der Waals surface area contributed by atoms with E-state index in [-0.39, 0.29) is 5.91 Å². The number of nitrogens with one attached hydrogen (secondary N) is 3. The van der Waals surface area contributed by atoms with Gasteiger partial charge in [0.2, 0.25) is 0 Å². The van der Waals surface area contributed by atoms with Crippen LogP contribution in [0.15, 0.2) is 48.5 Å². The maximum absolute atomic E-state index is 12.5. The fourth-order valence-electron chi connectivity index (χ4n) is 4.43. The Morgan fingerprint density at radius 3 is 2.31 bits per heavy atom. The van der Waals surface area contributed by atoms with Crippen LogP contribution in [0.4, 0.5) is 11.4 Å². The molecule has 2 heterocycles. The predicted molar refractivity (Wildman–Crippen MR) is 118 cm³/mol. The number of piperazine rings is 1. The van der Waals surface area contributed by atoms with Crippen LogP contribution in [0, 0.1) is 0 Å². The normalized spacial score (nSPS) is 18.2. The summed E-state index contributed by atoms with van der Waals surface area (Å²) < 4.78 is 0. The number of carbonyl (C=O) groups excluding carboxylic acids is 1. The number of benzene rings is 2. The van der Waals surface area contributed by atoms with Gasteiger partial charge in [0.1, 0.15) is 6.54 Å². The summed E-state index contributed by atoms with van der Waals surface area (Å²) in [6.45, 7) is 7.88. The molecule has 3 N–H and O–H groups in total. The highest BCUT2D eigenvalue weighted by molar-refractivity contribution is 6.33. The molecule has 0 saturated carbocycles. The van der Waals surface area contributed by atoms with Gasteiger partial charge in [0.25, 0.3) is 5.91 Å². The zero-order valence-corrected chi connectivity index (χ0v) is 17.7. The van der Waals surface area contributed by atoms with Crippen LogP contribution in [-0.4, -0.2) is 51.7 Å². The third kappa shape index (κ3) is 5.50. The minimum absolute atomic E-state index is 0.0871. The first kappa shape index (κ1) is 20.2. The highest BCUT2D eigenvalue weighted by atomic mass is 35.5. The minimum Gasteiger partial charge on any atom is -0.359 e. The summed E-state index contributed by atoms with van der Waals surface area (Å²) in [6.07, 6.45) is 2.69. The van der Waals surface area contributed by atoms with Crippen molar-refractivity contribution in [2.24, 2.45) is 0 Å². The van der Waals surface area contributed by atoms with E-state index in [0.29, 0.717) is 6.54 Å². The molecule has 0 spiro atoms. The lowest BCUT2D eigenvalue weighted by Gasteiger charge is -2.33. The summed E-state index contributed by atoms with van der Waals surface area (Å²) in [5.74, 6) is 0.0871. The van der Waals surface area contributed by atoms with Crippen LogP contribution >= 0.6 is 11.6 Å². The third-order valence-corrected chi connectivity index (χ3v) is 6.40. The molecule has 29 heavy (non-hydrogen) atoms. The van der Waals surface area contributed by atoms with Gasteiger partial charge >= 0.3 is 0 Å². The molecule has 1 amide bonds. The standard InChI is InChI=1S/C23H29ClN4O/c24-21-5-1-2-6-22(21)28-15-13-27(14-16-28)18-23(29)25-20-9-7-19(8-10-20)17-26-11-3-4-12-26/h1-2,5-10H,3-4,11-18H2,(H,25,29)/p+2. The Bertz CT molecular complexity index is 812. The zero-order valence-electron chi connectivity index (χ0n) is 16.9. The molecule has 0 bridgehead atoms. The third-order valence-electron chi connectivity index (χ3n) is 6.08. The average Bonchev–Trinajstić information content (AvgIpc) is 3.24. The lowest BCUT2D eigenvalue weighted by atomic mass is 10.2. The van der Waals surface area contributed by atoms with E-state index >= 15 is 0 Å². The van der Waals surface area contributed by atoms with Crippen LogP contribution < -0.4 is 20.0 Å². The van der Waals surface area contributed by atoms with Crippen LogP contribution in [0.5, 0.6) is 0 Å². The summed E-state index contributed by atoms with van der Waals surface area (Å²) in [5.41, 5.74) is 3.33. The average molecular weight is 415 g/mol. The van der Waals surface area contributed by atoms with E-state index in [1.165, 1.54) is 36.4 Å². The van der Waals surface area contributed by atoms with E-state index in [2.05, 4.69) is 28.4 Å². The number of para-hydroxylation sites is 1. The molecule has 2 aliphatic rings. The van der Waals surface area contributed by atoms with E-state index in [4.69, 9.17) is 11.6 Å². The number of nitrogens with zero attached hydrogens (tertiary/aromatic N) is 1. The molecular weight excluding hydrogens is 384 g/mol. The Labute approximate surface area is 178 Å². The molecule has 6 heteroatoms. The van der Waals surface area contributed by atoms with E-state index < -0.39 is 0 Å². The molecular formula is C23H31ClN4O+2. The van der Waals surface area contributed by atoms with Crippen molar-refractivity contribution in [3.8, 4) is 0 Å². The first-order valence-electron chi connectivity index (χ1n) is 10.7.